The maximum absolute atomic E-state index is 10.3. The van der Waals surface area contributed by atoms with E-state index in [-0.39, 0.29) is 34.5 Å². The Hall–Kier alpha value is -3.35. The van der Waals surface area contributed by atoms with Crippen LogP contribution in [0.25, 0.3) is 22.3 Å². The number of phenols is 2. The second kappa shape index (κ2) is 6.27. The van der Waals surface area contributed by atoms with E-state index < -0.39 is 0 Å². The first-order chi connectivity index (χ1) is 12.0. The van der Waals surface area contributed by atoms with Gasteiger partial charge in [0.15, 0.2) is 11.5 Å². The number of aromatic hydroxyl groups is 3. The molecule has 7 nitrogen and oxygen atoms in total. The number of methoxy groups -OCH3 is 3. The van der Waals surface area contributed by atoms with Crippen molar-refractivity contribution >= 4 is 11.0 Å². The Kier molecular flexibility index (Phi) is 4.14. The van der Waals surface area contributed by atoms with Crippen LogP contribution in [0.2, 0.25) is 0 Å². The van der Waals surface area contributed by atoms with Crippen LogP contribution in [0.5, 0.6) is 34.5 Å². The van der Waals surface area contributed by atoms with Gasteiger partial charge in [0.1, 0.15) is 16.9 Å². The second-order valence-electron chi connectivity index (χ2n) is 5.25. The molecule has 3 N–H and O–H groups in total. The SMILES string of the molecule is COc1cc(O)c2cc(O)c(-c3cc(OC)c(O)c(OC)c3)[o+]c2c1. The van der Waals surface area contributed by atoms with Crippen molar-refractivity contribution in [3.05, 3.63) is 30.3 Å². The highest BCUT2D eigenvalue weighted by Gasteiger charge is 2.26. The lowest BCUT2D eigenvalue weighted by Crippen LogP contribution is -1.91. The van der Waals surface area contributed by atoms with Crippen molar-refractivity contribution in [3.8, 4) is 45.8 Å². The van der Waals surface area contributed by atoms with Gasteiger partial charge in [-0.25, -0.2) is 4.42 Å². The van der Waals surface area contributed by atoms with E-state index in [0.29, 0.717) is 22.3 Å². The largest absolute Gasteiger partial charge is 0.507 e. The molecule has 0 radical (unpaired) electrons. The average Bonchev–Trinajstić information content (AvgIpc) is 2.62. The summed E-state index contributed by atoms with van der Waals surface area (Å²) in [5.41, 5.74) is 0.740. The van der Waals surface area contributed by atoms with Crippen molar-refractivity contribution in [2.45, 2.75) is 0 Å². The number of benzene rings is 2. The number of hydrogen-bond acceptors (Lipinski definition) is 6. The van der Waals surface area contributed by atoms with Crippen LogP contribution < -0.4 is 14.2 Å². The van der Waals surface area contributed by atoms with E-state index >= 15 is 0 Å². The summed E-state index contributed by atoms with van der Waals surface area (Å²) in [5.74, 6) is 0.426. The molecule has 0 aliphatic carbocycles. The van der Waals surface area contributed by atoms with Gasteiger partial charge in [0, 0.05) is 24.3 Å². The van der Waals surface area contributed by atoms with Gasteiger partial charge in [0.25, 0.3) is 0 Å². The molecular weight excluding hydrogens is 328 g/mol. The van der Waals surface area contributed by atoms with E-state index in [2.05, 4.69) is 0 Å². The Balaban J connectivity index is 2.27. The molecule has 0 saturated carbocycles. The molecule has 25 heavy (non-hydrogen) atoms. The van der Waals surface area contributed by atoms with Gasteiger partial charge < -0.3 is 29.5 Å². The van der Waals surface area contributed by atoms with E-state index in [1.54, 1.807) is 6.07 Å². The molecule has 0 saturated heterocycles. The molecular formula is C18H17O7+. The predicted octanol–water partition coefficient (Wildman–Crippen LogP) is 3.52. The lowest BCUT2D eigenvalue weighted by molar-refractivity contribution is 0.340. The van der Waals surface area contributed by atoms with E-state index in [1.165, 1.54) is 45.6 Å². The first-order valence-electron chi connectivity index (χ1n) is 7.30. The van der Waals surface area contributed by atoms with Gasteiger partial charge in [-0.2, -0.15) is 0 Å². The second-order valence-corrected chi connectivity index (χ2v) is 5.25. The number of hydrogen-bond donors (Lipinski definition) is 3. The van der Waals surface area contributed by atoms with Crippen LogP contribution in [0.4, 0.5) is 0 Å². The van der Waals surface area contributed by atoms with Crippen LogP contribution in [-0.4, -0.2) is 36.6 Å². The smallest absolute Gasteiger partial charge is 0.402 e. The fourth-order valence-electron chi connectivity index (χ4n) is 2.53. The summed E-state index contributed by atoms with van der Waals surface area (Å²) in [7, 11) is 4.27. The topological polar surface area (TPSA) is 99.7 Å². The Labute approximate surface area is 143 Å². The van der Waals surface area contributed by atoms with Gasteiger partial charge in [-0.15, -0.1) is 0 Å². The van der Waals surface area contributed by atoms with Crippen molar-refractivity contribution in [1.82, 2.24) is 0 Å². The zero-order valence-electron chi connectivity index (χ0n) is 13.9. The Bertz CT molecular complexity index is 925. The highest BCUT2D eigenvalue weighted by molar-refractivity contribution is 5.88. The van der Waals surface area contributed by atoms with E-state index in [1.807, 2.05) is 0 Å². The molecule has 0 bridgehead atoms. The van der Waals surface area contributed by atoms with E-state index in [4.69, 9.17) is 18.6 Å². The molecule has 3 aromatic rings. The Morgan fingerprint density at radius 1 is 0.760 bits per heavy atom. The highest BCUT2D eigenvalue weighted by Crippen LogP contribution is 2.44. The van der Waals surface area contributed by atoms with Crippen molar-refractivity contribution in [2.24, 2.45) is 0 Å². The highest BCUT2D eigenvalue weighted by atomic mass is 16.5. The number of ether oxygens (including phenoxy) is 3. The van der Waals surface area contributed by atoms with E-state index in [0.717, 1.165) is 0 Å². The summed E-state index contributed by atoms with van der Waals surface area (Å²) in [5, 5.41) is 30.7. The van der Waals surface area contributed by atoms with Gasteiger partial charge in [-0.05, 0) is 0 Å². The minimum Gasteiger partial charge on any atom is -0.507 e. The summed E-state index contributed by atoms with van der Waals surface area (Å²) < 4.78 is 21.1. The summed E-state index contributed by atoms with van der Waals surface area (Å²) in [6.07, 6.45) is 0. The van der Waals surface area contributed by atoms with Crippen LogP contribution >= 0.6 is 0 Å². The van der Waals surface area contributed by atoms with Crippen LogP contribution in [0, 0.1) is 0 Å². The first-order valence-corrected chi connectivity index (χ1v) is 7.30. The van der Waals surface area contributed by atoms with Gasteiger partial charge >= 0.3 is 11.3 Å². The van der Waals surface area contributed by atoms with Gasteiger partial charge in [0.2, 0.25) is 11.5 Å². The van der Waals surface area contributed by atoms with Crippen molar-refractivity contribution < 1.29 is 33.9 Å². The Morgan fingerprint density at radius 3 is 1.96 bits per heavy atom. The summed E-state index contributed by atoms with van der Waals surface area (Å²) in [6.45, 7) is 0. The molecule has 3 rings (SSSR count). The summed E-state index contributed by atoms with van der Waals surface area (Å²) in [4.78, 5) is 0. The van der Waals surface area contributed by atoms with Crippen LogP contribution in [-0.2, 0) is 0 Å². The standard InChI is InChI=1S/C18H16O7/c1-22-10-6-12(19)11-8-13(20)18(25-14(11)7-10)9-4-15(23-2)17(21)16(5-9)24-3/h4-8H,1-3H3,(H2-,19,20,21)/p+1. The zero-order chi connectivity index (χ0) is 18.1. The molecule has 0 amide bonds. The molecule has 0 aliphatic rings. The monoisotopic (exact) mass is 345 g/mol. The molecule has 1 aromatic heterocycles. The third-order valence-corrected chi connectivity index (χ3v) is 3.80. The quantitative estimate of drug-likeness (QED) is 0.622. The third-order valence-electron chi connectivity index (χ3n) is 3.80. The number of phenolic OH excluding ortho intramolecular Hbond substituents is 2. The van der Waals surface area contributed by atoms with Crippen molar-refractivity contribution in [3.63, 3.8) is 0 Å². The van der Waals surface area contributed by atoms with Crippen LogP contribution in [0.15, 0.2) is 34.7 Å². The molecule has 0 atom stereocenters. The fourth-order valence-corrected chi connectivity index (χ4v) is 2.53. The first kappa shape index (κ1) is 16.5. The van der Waals surface area contributed by atoms with Crippen molar-refractivity contribution in [2.75, 3.05) is 21.3 Å². The molecule has 0 fully saturated rings. The number of fused-ring (bicyclic) bond motifs is 1. The molecule has 0 aliphatic heterocycles. The maximum atomic E-state index is 10.3. The predicted molar refractivity (Wildman–Crippen MR) is 90.7 cm³/mol. The third kappa shape index (κ3) is 2.80. The average molecular weight is 345 g/mol. The summed E-state index contributed by atoms with van der Waals surface area (Å²) in [6, 6.07) is 7.40. The van der Waals surface area contributed by atoms with Crippen LogP contribution in [0.3, 0.4) is 0 Å². The maximum Gasteiger partial charge on any atom is 0.402 e. The Morgan fingerprint density at radius 2 is 1.40 bits per heavy atom. The fraction of sp³-hybridized carbons (Fsp3) is 0.167. The molecule has 1 heterocycles. The molecule has 2 aromatic carbocycles. The normalized spacial score (nSPS) is 10.7. The van der Waals surface area contributed by atoms with Crippen molar-refractivity contribution in [1.29, 1.82) is 0 Å². The summed E-state index contributed by atoms with van der Waals surface area (Å²) >= 11 is 0. The van der Waals surface area contributed by atoms with Gasteiger partial charge in [0.05, 0.1) is 33.0 Å². The molecule has 7 heteroatoms. The minimum absolute atomic E-state index is 0.0826. The van der Waals surface area contributed by atoms with Crippen LogP contribution in [0.1, 0.15) is 0 Å². The molecule has 0 unspecified atom stereocenters. The molecule has 130 valence electrons. The van der Waals surface area contributed by atoms with E-state index in [9.17, 15) is 15.3 Å². The lowest BCUT2D eigenvalue weighted by Gasteiger charge is -2.09. The van der Waals surface area contributed by atoms with Gasteiger partial charge in [-0.1, -0.05) is 0 Å². The van der Waals surface area contributed by atoms with Gasteiger partial charge in [-0.3, -0.25) is 0 Å². The lowest BCUT2D eigenvalue weighted by atomic mass is 10.1. The molecule has 0 spiro atoms. The minimum atomic E-state index is -0.192. The number of rotatable bonds is 4. The zero-order valence-corrected chi connectivity index (χ0v) is 13.9.